The van der Waals surface area contributed by atoms with E-state index in [9.17, 15) is 4.79 Å². The van der Waals surface area contributed by atoms with Gasteiger partial charge in [-0.15, -0.1) is 16.4 Å². The zero-order valence-corrected chi connectivity index (χ0v) is 19.5. The molecular formula is C23H27N5OS2. The fourth-order valence-electron chi connectivity index (χ4n) is 4.06. The van der Waals surface area contributed by atoms with Gasteiger partial charge in [0.05, 0.1) is 17.6 Å². The van der Waals surface area contributed by atoms with Gasteiger partial charge in [-0.1, -0.05) is 32.0 Å². The summed E-state index contributed by atoms with van der Waals surface area (Å²) >= 11 is 7.67. The molecule has 0 atom stereocenters. The largest absolute Gasteiger partial charge is 0.276 e. The molecule has 0 bridgehead atoms. The average Bonchev–Trinajstić information content (AvgIpc) is 3.39. The summed E-state index contributed by atoms with van der Waals surface area (Å²) in [7, 11) is 0. The van der Waals surface area contributed by atoms with Crippen LogP contribution in [0.3, 0.4) is 0 Å². The lowest BCUT2D eigenvalue weighted by atomic mass is 10.1. The summed E-state index contributed by atoms with van der Waals surface area (Å²) in [4.78, 5) is 17.1. The fourth-order valence-corrected chi connectivity index (χ4v) is 5.07. The van der Waals surface area contributed by atoms with Crippen molar-refractivity contribution < 1.29 is 0 Å². The van der Waals surface area contributed by atoms with Crippen LogP contribution < -0.4 is 5.56 Å². The van der Waals surface area contributed by atoms with Crippen LogP contribution in [-0.2, 0) is 19.8 Å². The molecule has 1 aliphatic rings. The molecule has 0 aliphatic heterocycles. The zero-order valence-electron chi connectivity index (χ0n) is 17.9. The first-order valence-electron chi connectivity index (χ1n) is 10.9. The van der Waals surface area contributed by atoms with Crippen LogP contribution in [0, 0.1) is 10.7 Å². The normalized spacial score (nSPS) is 14.5. The summed E-state index contributed by atoms with van der Waals surface area (Å²) in [6, 6.07) is 12.6. The molecule has 0 saturated heterocycles. The molecule has 31 heavy (non-hydrogen) atoms. The van der Waals surface area contributed by atoms with Crippen molar-refractivity contribution in [2.75, 3.05) is 0 Å². The van der Waals surface area contributed by atoms with Crippen molar-refractivity contribution in [1.29, 1.82) is 0 Å². The van der Waals surface area contributed by atoms with Gasteiger partial charge in [0.15, 0.2) is 0 Å². The van der Waals surface area contributed by atoms with E-state index in [0.717, 1.165) is 18.5 Å². The van der Waals surface area contributed by atoms with E-state index in [-0.39, 0.29) is 5.56 Å². The molecule has 1 aromatic carbocycles. The van der Waals surface area contributed by atoms with Crippen LogP contribution >= 0.6 is 23.6 Å². The van der Waals surface area contributed by atoms with Gasteiger partial charge in [-0.05, 0) is 61.0 Å². The number of nitrogens with zero attached hydrogens (tertiary/aromatic N) is 5. The van der Waals surface area contributed by atoms with Gasteiger partial charge in [0, 0.05) is 24.0 Å². The van der Waals surface area contributed by atoms with Gasteiger partial charge >= 0.3 is 0 Å². The first-order valence-corrected chi connectivity index (χ1v) is 12.2. The van der Waals surface area contributed by atoms with Crippen LogP contribution in [0.2, 0.25) is 0 Å². The summed E-state index contributed by atoms with van der Waals surface area (Å²) in [5, 5.41) is 7.69. The Labute approximate surface area is 190 Å². The minimum atomic E-state index is 0.00790. The van der Waals surface area contributed by atoms with E-state index in [1.807, 2.05) is 33.3 Å². The molecule has 3 aromatic heterocycles. The highest BCUT2D eigenvalue weighted by molar-refractivity contribution is 7.71. The lowest BCUT2D eigenvalue weighted by Crippen LogP contribution is -2.28. The van der Waals surface area contributed by atoms with E-state index in [2.05, 4.69) is 36.3 Å². The van der Waals surface area contributed by atoms with Crippen molar-refractivity contribution in [3.05, 3.63) is 61.8 Å². The predicted molar refractivity (Wildman–Crippen MR) is 128 cm³/mol. The number of benzene rings is 1. The summed E-state index contributed by atoms with van der Waals surface area (Å²) in [6.45, 7) is 6.52. The molecule has 6 nitrogen and oxygen atoms in total. The molecule has 0 unspecified atom stereocenters. The molecule has 1 fully saturated rings. The first-order chi connectivity index (χ1) is 15.0. The first kappa shape index (κ1) is 20.6. The molecule has 0 spiro atoms. The Morgan fingerprint density at radius 2 is 2.03 bits per heavy atom. The Morgan fingerprint density at radius 1 is 1.23 bits per heavy atom. The number of fused-ring (bicyclic) bond motifs is 3. The van der Waals surface area contributed by atoms with Crippen LogP contribution in [0.15, 0.2) is 46.6 Å². The van der Waals surface area contributed by atoms with E-state index < -0.39 is 0 Å². The Balaban J connectivity index is 1.62. The van der Waals surface area contributed by atoms with E-state index in [1.165, 1.54) is 17.7 Å². The van der Waals surface area contributed by atoms with Gasteiger partial charge in [-0.2, -0.15) is 0 Å². The third-order valence-corrected chi connectivity index (χ3v) is 7.19. The van der Waals surface area contributed by atoms with E-state index in [4.69, 9.17) is 17.3 Å². The molecule has 5 rings (SSSR count). The molecular weight excluding hydrogens is 426 g/mol. The SMILES string of the molecule is CC(C)CCn1c(=O)c2ccccc2n2c(=S)n(CN(Cc3cccs3)C3CC3)nc12. The molecule has 162 valence electrons. The second-order valence-electron chi connectivity index (χ2n) is 8.77. The van der Waals surface area contributed by atoms with Crippen molar-refractivity contribution in [3.63, 3.8) is 0 Å². The standard InChI is InChI=1S/C23H27N5OS2/c1-16(2)11-12-26-21(29)19-7-3-4-8-20(19)28-22(26)24-27(23(28)30)15-25(17-9-10-17)14-18-6-5-13-31-18/h3-8,13,16-17H,9-12,14-15H2,1-2H3. The number of thiophene rings is 1. The van der Waals surface area contributed by atoms with Crippen LogP contribution in [0.1, 0.15) is 38.0 Å². The Morgan fingerprint density at radius 3 is 2.74 bits per heavy atom. The maximum atomic E-state index is 13.3. The number of aryl methyl sites for hydroxylation is 1. The van der Waals surface area contributed by atoms with E-state index >= 15 is 0 Å². The van der Waals surface area contributed by atoms with Crippen molar-refractivity contribution in [2.24, 2.45) is 5.92 Å². The van der Waals surface area contributed by atoms with Crippen LogP contribution in [-0.4, -0.2) is 29.7 Å². The molecule has 3 heterocycles. The second-order valence-corrected chi connectivity index (χ2v) is 10.2. The molecule has 1 saturated carbocycles. The van der Waals surface area contributed by atoms with Crippen molar-refractivity contribution in [3.8, 4) is 0 Å². The number of hydrogen-bond donors (Lipinski definition) is 0. The summed E-state index contributed by atoms with van der Waals surface area (Å²) in [5.74, 6) is 1.14. The van der Waals surface area contributed by atoms with E-state index in [0.29, 0.717) is 41.1 Å². The highest BCUT2D eigenvalue weighted by Crippen LogP contribution is 2.30. The maximum absolute atomic E-state index is 13.3. The zero-order chi connectivity index (χ0) is 21.5. The summed E-state index contributed by atoms with van der Waals surface area (Å²) in [5.41, 5.74) is 0.837. The van der Waals surface area contributed by atoms with Gasteiger partial charge in [0.1, 0.15) is 0 Å². The second kappa shape index (κ2) is 8.33. The molecule has 0 radical (unpaired) electrons. The van der Waals surface area contributed by atoms with Crippen molar-refractivity contribution >= 4 is 40.2 Å². The number of aromatic nitrogens is 4. The Hall–Kier alpha value is -2.29. The third-order valence-electron chi connectivity index (χ3n) is 5.93. The van der Waals surface area contributed by atoms with Crippen LogP contribution in [0.5, 0.6) is 0 Å². The molecule has 8 heteroatoms. The van der Waals surface area contributed by atoms with Gasteiger partial charge in [-0.3, -0.25) is 18.7 Å². The maximum Gasteiger partial charge on any atom is 0.262 e. The Bertz CT molecular complexity index is 1330. The van der Waals surface area contributed by atoms with Gasteiger partial charge < -0.3 is 0 Å². The Kier molecular flexibility index (Phi) is 5.54. The van der Waals surface area contributed by atoms with Crippen molar-refractivity contribution in [1.82, 2.24) is 23.6 Å². The minimum absolute atomic E-state index is 0.00790. The van der Waals surface area contributed by atoms with Crippen molar-refractivity contribution in [2.45, 2.75) is 58.9 Å². The lowest BCUT2D eigenvalue weighted by molar-refractivity contribution is 0.188. The predicted octanol–water partition coefficient (Wildman–Crippen LogP) is 4.91. The van der Waals surface area contributed by atoms with Crippen LogP contribution in [0.4, 0.5) is 0 Å². The smallest absolute Gasteiger partial charge is 0.262 e. The summed E-state index contributed by atoms with van der Waals surface area (Å²) < 4.78 is 6.31. The van der Waals surface area contributed by atoms with Gasteiger partial charge in [0.2, 0.25) is 10.5 Å². The molecule has 0 N–H and O–H groups in total. The summed E-state index contributed by atoms with van der Waals surface area (Å²) in [6.07, 6.45) is 3.35. The molecule has 0 amide bonds. The lowest BCUT2D eigenvalue weighted by Gasteiger charge is -2.20. The number of rotatable bonds is 8. The number of para-hydroxylation sites is 1. The van der Waals surface area contributed by atoms with Crippen LogP contribution in [0.25, 0.3) is 16.7 Å². The fraction of sp³-hybridized carbons (Fsp3) is 0.435. The molecule has 1 aliphatic carbocycles. The third kappa shape index (κ3) is 4.00. The highest BCUT2D eigenvalue weighted by atomic mass is 32.1. The molecule has 4 aromatic rings. The van der Waals surface area contributed by atoms with Gasteiger partial charge in [0.25, 0.3) is 5.56 Å². The minimum Gasteiger partial charge on any atom is -0.276 e. The average molecular weight is 454 g/mol. The monoisotopic (exact) mass is 453 g/mol. The number of hydrogen-bond acceptors (Lipinski definition) is 5. The topological polar surface area (TPSA) is 47.5 Å². The van der Waals surface area contributed by atoms with Gasteiger partial charge in [-0.25, -0.2) is 4.68 Å². The quantitative estimate of drug-likeness (QED) is 0.356. The van der Waals surface area contributed by atoms with E-state index in [1.54, 1.807) is 15.9 Å². The highest BCUT2D eigenvalue weighted by Gasteiger charge is 2.30.